The Bertz CT molecular complexity index is 1040. The molecule has 0 aliphatic rings. The quantitative estimate of drug-likeness (QED) is 0.691. The number of hydrogen-bond acceptors (Lipinski definition) is 4. The first-order chi connectivity index (χ1) is 12.3. The molecule has 0 fully saturated rings. The van der Waals surface area contributed by atoms with Gasteiger partial charge in [0, 0.05) is 17.6 Å². The summed E-state index contributed by atoms with van der Waals surface area (Å²) in [7, 11) is -3.49. The van der Waals surface area contributed by atoms with E-state index in [2.05, 4.69) is 5.32 Å². The second-order valence-corrected chi connectivity index (χ2v) is 7.91. The summed E-state index contributed by atoms with van der Waals surface area (Å²) in [5.41, 5.74) is 9.09. The lowest BCUT2D eigenvalue weighted by Gasteiger charge is -2.10. The molecule has 3 aromatic rings. The average molecular weight is 366 g/mol. The van der Waals surface area contributed by atoms with Crippen molar-refractivity contribution in [3.8, 4) is 11.1 Å². The molecule has 3 rings (SSSR count). The van der Waals surface area contributed by atoms with Crippen LogP contribution in [0.15, 0.2) is 77.7 Å². The molecule has 0 spiro atoms. The molecule has 1 amide bonds. The van der Waals surface area contributed by atoms with Crippen LogP contribution in [-0.4, -0.2) is 20.6 Å². The third-order valence-corrected chi connectivity index (χ3v) is 5.07. The minimum Gasteiger partial charge on any atom is -0.399 e. The van der Waals surface area contributed by atoms with Crippen LogP contribution in [0.1, 0.15) is 10.4 Å². The molecule has 132 valence electrons. The number of nitrogen functional groups attached to an aromatic ring is 1. The Balaban J connectivity index is 1.82. The molecule has 3 N–H and O–H groups in total. The van der Waals surface area contributed by atoms with E-state index in [1.54, 1.807) is 24.3 Å². The van der Waals surface area contributed by atoms with Gasteiger partial charge in [0.05, 0.1) is 10.5 Å². The summed E-state index contributed by atoms with van der Waals surface area (Å²) < 4.78 is 23.7. The molecule has 0 aliphatic carbocycles. The van der Waals surface area contributed by atoms with Crippen LogP contribution >= 0.6 is 0 Å². The predicted octanol–water partition coefficient (Wildman–Crippen LogP) is 3.59. The van der Waals surface area contributed by atoms with E-state index in [-0.39, 0.29) is 10.5 Å². The Morgan fingerprint density at radius 3 is 1.96 bits per heavy atom. The van der Waals surface area contributed by atoms with Crippen LogP contribution < -0.4 is 11.1 Å². The van der Waals surface area contributed by atoms with Crippen LogP contribution in [0.3, 0.4) is 0 Å². The van der Waals surface area contributed by atoms with E-state index in [0.717, 1.165) is 17.4 Å². The minimum absolute atomic E-state index is 0.0102. The molecule has 0 saturated carbocycles. The number of nitrogens with two attached hydrogens (primary N) is 1. The number of benzene rings is 3. The standard InChI is InChI=1S/C20H18N2O3S/c1-26(24,25)19-5-3-2-4-18(19)20(23)22-17-12-8-15(9-13-17)14-6-10-16(21)11-7-14/h2-13H,21H2,1H3,(H,22,23). The summed E-state index contributed by atoms with van der Waals surface area (Å²) in [6.07, 6.45) is 1.08. The van der Waals surface area contributed by atoms with Gasteiger partial charge in [0.2, 0.25) is 0 Å². The maximum absolute atomic E-state index is 12.5. The topological polar surface area (TPSA) is 89.3 Å². The fourth-order valence-corrected chi connectivity index (χ4v) is 3.48. The van der Waals surface area contributed by atoms with E-state index in [9.17, 15) is 13.2 Å². The van der Waals surface area contributed by atoms with Crippen LogP contribution in [0.2, 0.25) is 0 Å². The molecular formula is C20H18N2O3S. The van der Waals surface area contributed by atoms with Crippen molar-refractivity contribution < 1.29 is 13.2 Å². The Morgan fingerprint density at radius 2 is 1.38 bits per heavy atom. The highest BCUT2D eigenvalue weighted by Gasteiger charge is 2.18. The number of rotatable bonds is 4. The first-order valence-electron chi connectivity index (χ1n) is 7.91. The maximum Gasteiger partial charge on any atom is 0.256 e. The van der Waals surface area contributed by atoms with E-state index in [0.29, 0.717) is 11.4 Å². The highest BCUT2D eigenvalue weighted by atomic mass is 32.2. The van der Waals surface area contributed by atoms with Crippen LogP contribution in [0, 0.1) is 0 Å². The fraction of sp³-hybridized carbons (Fsp3) is 0.0500. The minimum atomic E-state index is -3.49. The summed E-state index contributed by atoms with van der Waals surface area (Å²) in [4.78, 5) is 12.5. The number of amides is 1. The largest absolute Gasteiger partial charge is 0.399 e. The van der Waals surface area contributed by atoms with Crippen molar-refractivity contribution in [2.24, 2.45) is 0 Å². The Labute approximate surface area is 152 Å². The molecular weight excluding hydrogens is 348 g/mol. The molecule has 0 aliphatic heterocycles. The van der Waals surface area contributed by atoms with E-state index < -0.39 is 15.7 Å². The van der Waals surface area contributed by atoms with Gasteiger partial charge in [-0.1, -0.05) is 36.4 Å². The molecule has 0 saturated heterocycles. The number of carbonyl (C=O) groups excluding carboxylic acids is 1. The number of nitrogens with one attached hydrogen (secondary N) is 1. The lowest BCUT2D eigenvalue weighted by molar-refractivity contribution is 0.102. The van der Waals surface area contributed by atoms with Crippen LogP contribution in [0.5, 0.6) is 0 Å². The van der Waals surface area contributed by atoms with Gasteiger partial charge in [0.1, 0.15) is 0 Å². The smallest absolute Gasteiger partial charge is 0.256 e. The number of sulfone groups is 1. The van der Waals surface area contributed by atoms with Gasteiger partial charge in [0.15, 0.2) is 9.84 Å². The van der Waals surface area contributed by atoms with Crippen molar-refractivity contribution in [3.05, 3.63) is 78.4 Å². The number of hydrogen-bond donors (Lipinski definition) is 2. The van der Waals surface area contributed by atoms with Crippen molar-refractivity contribution in [2.45, 2.75) is 4.90 Å². The van der Waals surface area contributed by atoms with Crippen LogP contribution in [0.4, 0.5) is 11.4 Å². The van der Waals surface area contributed by atoms with E-state index in [4.69, 9.17) is 5.73 Å². The lowest BCUT2D eigenvalue weighted by atomic mass is 10.1. The van der Waals surface area contributed by atoms with Gasteiger partial charge in [-0.25, -0.2) is 8.42 Å². The van der Waals surface area contributed by atoms with Gasteiger partial charge in [-0.15, -0.1) is 0 Å². The van der Waals surface area contributed by atoms with E-state index in [1.807, 2.05) is 36.4 Å². The molecule has 0 atom stereocenters. The summed E-state index contributed by atoms with van der Waals surface area (Å²) in [5.74, 6) is -0.466. The fourth-order valence-electron chi connectivity index (χ4n) is 2.60. The van der Waals surface area contributed by atoms with E-state index >= 15 is 0 Å². The summed E-state index contributed by atoms with van der Waals surface area (Å²) in [6, 6.07) is 20.9. The SMILES string of the molecule is CS(=O)(=O)c1ccccc1C(=O)Nc1ccc(-c2ccc(N)cc2)cc1. The Morgan fingerprint density at radius 1 is 0.846 bits per heavy atom. The normalized spacial score (nSPS) is 11.1. The molecule has 0 heterocycles. The van der Waals surface area contributed by atoms with Crippen molar-refractivity contribution in [3.63, 3.8) is 0 Å². The molecule has 5 nitrogen and oxygen atoms in total. The monoisotopic (exact) mass is 366 g/mol. The molecule has 26 heavy (non-hydrogen) atoms. The summed E-state index contributed by atoms with van der Waals surface area (Å²) >= 11 is 0. The molecule has 6 heteroatoms. The predicted molar refractivity (Wildman–Crippen MR) is 104 cm³/mol. The molecule has 0 aromatic heterocycles. The van der Waals surface area contributed by atoms with Crippen molar-refractivity contribution in [2.75, 3.05) is 17.3 Å². The molecule has 0 bridgehead atoms. The van der Waals surface area contributed by atoms with Gasteiger partial charge in [-0.3, -0.25) is 4.79 Å². The lowest BCUT2D eigenvalue weighted by Crippen LogP contribution is -2.15. The maximum atomic E-state index is 12.5. The average Bonchev–Trinajstić information content (AvgIpc) is 2.62. The Hall–Kier alpha value is -3.12. The van der Waals surface area contributed by atoms with Crippen molar-refractivity contribution in [1.29, 1.82) is 0 Å². The Kier molecular flexibility index (Phi) is 4.77. The van der Waals surface area contributed by atoms with Crippen molar-refractivity contribution >= 4 is 27.1 Å². The first-order valence-corrected chi connectivity index (χ1v) is 9.80. The number of anilines is 2. The van der Waals surface area contributed by atoms with Crippen LogP contribution in [0.25, 0.3) is 11.1 Å². The van der Waals surface area contributed by atoms with Gasteiger partial charge in [-0.2, -0.15) is 0 Å². The third kappa shape index (κ3) is 3.92. The first kappa shape index (κ1) is 17.7. The molecule has 3 aromatic carbocycles. The zero-order chi connectivity index (χ0) is 18.7. The van der Waals surface area contributed by atoms with Gasteiger partial charge < -0.3 is 11.1 Å². The van der Waals surface area contributed by atoms with Crippen LogP contribution in [-0.2, 0) is 9.84 Å². The van der Waals surface area contributed by atoms with Gasteiger partial charge in [-0.05, 0) is 47.5 Å². The van der Waals surface area contributed by atoms with Gasteiger partial charge in [0.25, 0.3) is 5.91 Å². The molecule has 0 unspecified atom stereocenters. The number of carbonyl (C=O) groups is 1. The zero-order valence-corrected chi connectivity index (χ0v) is 15.0. The highest BCUT2D eigenvalue weighted by Crippen LogP contribution is 2.23. The van der Waals surface area contributed by atoms with E-state index in [1.165, 1.54) is 12.1 Å². The zero-order valence-electron chi connectivity index (χ0n) is 14.1. The summed E-state index contributed by atoms with van der Waals surface area (Å²) in [5, 5.41) is 2.74. The van der Waals surface area contributed by atoms with Gasteiger partial charge >= 0.3 is 0 Å². The summed E-state index contributed by atoms with van der Waals surface area (Å²) in [6.45, 7) is 0. The third-order valence-electron chi connectivity index (χ3n) is 3.92. The van der Waals surface area contributed by atoms with Crippen molar-refractivity contribution in [1.82, 2.24) is 0 Å². The second-order valence-electron chi connectivity index (χ2n) is 5.92. The second kappa shape index (κ2) is 7.01. The molecule has 0 radical (unpaired) electrons. The highest BCUT2D eigenvalue weighted by molar-refractivity contribution is 7.90.